The maximum atomic E-state index is 13.5. The van der Waals surface area contributed by atoms with Crippen LogP contribution in [0.1, 0.15) is 17.2 Å². The summed E-state index contributed by atoms with van der Waals surface area (Å²) in [4.78, 5) is 0. The maximum absolute atomic E-state index is 13.5. The Kier molecular flexibility index (Phi) is 4.12. The number of ether oxygens (including phenoxy) is 1. The first-order chi connectivity index (χ1) is 9.08. The Balaban J connectivity index is 2.05. The van der Waals surface area contributed by atoms with Crippen LogP contribution in [-0.2, 0) is 0 Å². The molecule has 0 spiro atoms. The van der Waals surface area contributed by atoms with E-state index < -0.39 is 17.7 Å². The monoisotopic (exact) mass is 264 g/mol. The highest BCUT2D eigenvalue weighted by Gasteiger charge is 2.16. The predicted molar refractivity (Wildman–Crippen MR) is 68.0 cm³/mol. The lowest BCUT2D eigenvalue weighted by atomic mass is 10.1. The van der Waals surface area contributed by atoms with Crippen LogP contribution >= 0.6 is 0 Å². The number of hydrogen-bond acceptors (Lipinski definition) is 2. The minimum absolute atomic E-state index is 0.104. The molecule has 2 nitrogen and oxygen atoms in total. The average molecular weight is 264 g/mol. The van der Waals surface area contributed by atoms with Crippen LogP contribution in [0.2, 0.25) is 0 Å². The molecule has 0 aromatic heterocycles. The van der Waals surface area contributed by atoms with Crippen molar-refractivity contribution < 1.29 is 18.6 Å². The molecule has 0 bridgehead atoms. The van der Waals surface area contributed by atoms with Crippen molar-refractivity contribution in [1.82, 2.24) is 0 Å². The van der Waals surface area contributed by atoms with Crippen molar-refractivity contribution in [2.75, 3.05) is 6.61 Å². The fraction of sp³-hybridized carbons (Fsp3) is 0.200. The largest absolute Gasteiger partial charge is 0.491 e. The Morgan fingerprint density at radius 1 is 1.16 bits per heavy atom. The van der Waals surface area contributed by atoms with E-state index in [4.69, 9.17) is 4.74 Å². The van der Waals surface area contributed by atoms with Crippen molar-refractivity contribution >= 4 is 0 Å². The first-order valence-electron chi connectivity index (χ1n) is 5.89. The fourth-order valence-corrected chi connectivity index (χ4v) is 1.75. The predicted octanol–water partition coefficient (Wildman–Crippen LogP) is 3.39. The van der Waals surface area contributed by atoms with Crippen molar-refractivity contribution in [2.45, 2.75) is 13.0 Å². The zero-order valence-electron chi connectivity index (χ0n) is 10.4. The van der Waals surface area contributed by atoms with E-state index in [0.29, 0.717) is 5.75 Å². The van der Waals surface area contributed by atoms with E-state index in [0.717, 1.165) is 11.6 Å². The third kappa shape index (κ3) is 3.29. The maximum Gasteiger partial charge on any atom is 0.164 e. The van der Waals surface area contributed by atoms with Gasteiger partial charge >= 0.3 is 0 Å². The molecule has 19 heavy (non-hydrogen) atoms. The number of halogens is 2. The molecule has 4 heteroatoms. The summed E-state index contributed by atoms with van der Waals surface area (Å²) in [7, 11) is 0. The van der Waals surface area contributed by atoms with Gasteiger partial charge in [0.15, 0.2) is 11.6 Å². The third-order valence-corrected chi connectivity index (χ3v) is 2.74. The van der Waals surface area contributed by atoms with Gasteiger partial charge in [-0.05, 0) is 30.7 Å². The molecule has 0 aliphatic rings. The van der Waals surface area contributed by atoms with Gasteiger partial charge in [-0.2, -0.15) is 0 Å². The highest BCUT2D eigenvalue weighted by Crippen LogP contribution is 2.21. The Bertz CT molecular complexity index is 570. The lowest BCUT2D eigenvalue weighted by molar-refractivity contribution is 0.104. The van der Waals surface area contributed by atoms with Gasteiger partial charge in [-0.25, -0.2) is 8.78 Å². The van der Waals surface area contributed by atoms with E-state index in [2.05, 4.69) is 0 Å². The average Bonchev–Trinajstić information content (AvgIpc) is 2.39. The van der Waals surface area contributed by atoms with E-state index >= 15 is 0 Å². The van der Waals surface area contributed by atoms with E-state index in [1.807, 2.05) is 19.1 Å². The minimum Gasteiger partial charge on any atom is -0.491 e. The lowest BCUT2D eigenvalue weighted by Gasteiger charge is -2.14. The van der Waals surface area contributed by atoms with Crippen LogP contribution in [0.3, 0.4) is 0 Å². The van der Waals surface area contributed by atoms with Crippen LogP contribution in [0.4, 0.5) is 8.78 Å². The molecule has 1 atom stereocenters. The Morgan fingerprint density at radius 2 is 1.89 bits per heavy atom. The van der Waals surface area contributed by atoms with Crippen LogP contribution < -0.4 is 4.74 Å². The van der Waals surface area contributed by atoms with Gasteiger partial charge in [-0.1, -0.05) is 24.3 Å². The summed E-state index contributed by atoms with van der Waals surface area (Å²) in [6.07, 6.45) is -1.21. The molecular weight excluding hydrogens is 250 g/mol. The van der Waals surface area contributed by atoms with Gasteiger partial charge in [-0.3, -0.25) is 0 Å². The molecule has 0 fully saturated rings. The Hall–Kier alpha value is -1.94. The molecule has 100 valence electrons. The summed E-state index contributed by atoms with van der Waals surface area (Å²) in [6.45, 7) is 1.78. The Labute approximate surface area is 110 Å². The molecule has 0 saturated heterocycles. The number of rotatable bonds is 4. The smallest absolute Gasteiger partial charge is 0.164 e. The standard InChI is InChI=1S/C15H14F2O2/c1-10-4-2-5-11(8-10)19-9-14(18)12-6-3-7-13(16)15(12)17/h2-8,14,18H,9H2,1H3. The summed E-state index contributed by atoms with van der Waals surface area (Å²) < 4.78 is 31.8. The van der Waals surface area contributed by atoms with Gasteiger partial charge in [0.25, 0.3) is 0 Å². The number of benzene rings is 2. The quantitative estimate of drug-likeness (QED) is 0.917. The molecular formula is C15H14F2O2. The zero-order chi connectivity index (χ0) is 13.8. The second kappa shape index (κ2) is 5.80. The van der Waals surface area contributed by atoms with Crippen molar-refractivity contribution in [3.8, 4) is 5.75 Å². The van der Waals surface area contributed by atoms with Gasteiger partial charge in [-0.15, -0.1) is 0 Å². The first kappa shape index (κ1) is 13.5. The van der Waals surface area contributed by atoms with Crippen molar-refractivity contribution in [3.05, 3.63) is 65.2 Å². The summed E-state index contributed by atoms with van der Waals surface area (Å²) in [5.74, 6) is -1.44. The van der Waals surface area contributed by atoms with E-state index in [9.17, 15) is 13.9 Å². The molecule has 0 heterocycles. The van der Waals surface area contributed by atoms with Crippen molar-refractivity contribution in [2.24, 2.45) is 0 Å². The molecule has 1 N–H and O–H groups in total. The number of aliphatic hydroxyl groups is 1. The zero-order valence-corrected chi connectivity index (χ0v) is 10.4. The summed E-state index contributed by atoms with van der Waals surface area (Å²) >= 11 is 0. The molecule has 0 saturated carbocycles. The van der Waals surface area contributed by atoms with Gasteiger partial charge < -0.3 is 9.84 Å². The molecule has 2 rings (SSSR count). The van der Waals surface area contributed by atoms with Gasteiger partial charge in [0.05, 0.1) is 0 Å². The van der Waals surface area contributed by atoms with Gasteiger partial charge in [0, 0.05) is 5.56 Å². The lowest BCUT2D eigenvalue weighted by Crippen LogP contribution is -2.12. The molecule has 2 aromatic rings. The Morgan fingerprint density at radius 3 is 2.63 bits per heavy atom. The highest BCUT2D eigenvalue weighted by molar-refractivity contribution is 5.28. The minimum atomic E-state index is -1.21. The van der Waals surface area contributed by atoms with Gasteiger partial charge in [0.1, 0.15) is 18.5 Å². The van der Waals surface area contributed by atoms with E-state index in [1.165, 1.54) is 12.1 Å². The van der Waals surface area contributed by atoms with E-state index in [1.54, 1.807) is 12.1 Å². The molecule has 1 unspecified atom stereocenters. The molecule has 0 amide bonds. The normalized spacial score (nSPS) is 12.2. The molecule has 0 aliphatic carbocycles. The van der Waals surface area contributed by atoms with Crippen molar-refractivity contribution in [1.29, 1.82) is 0 Å². The molecule has 0 radical (unpaired) electrons. The SMILES string of the molecule is Cc1cccc(OCC(O)c2cccc(F)c2F)c1. The van der Waals surface area contributed by atoms with Gasteiger partial charge in [0.2, 0.25) is 0 Å². The fourth-order valence-electron chi connectivity index (χ4n) is 1.75. The van der Waals surface area contributed by atoms with Crippen LogP contribution in [0.15, 0.2) is 42.5 Å². The number of aryl methyl sites for hydroxylation is 1. The molecule has 2 aromatic carbocycles. The summed E-state index contributed by atoms with van der Waals surface area (Å²) in [6, 6.07) is 11.0. The highest BCUT2D eigenvalue weighted by atomic mass is 19.2. The number of aliphatic hydroxyl groups excluding tert-OH is 1. The number of hydrogen-bond donors (Lipinski definition) is 1. The summed E-state index contributed by atoms with van der Waals surface area (Å²) in [5.41, 5.74) is 0.913. The van der Waals surface area contributed by atoms with Crippen molar-refractivity contribution in [3.63, 3.8) is 0 Å². The second-order valence-corrected chi connectivity index (χ2v) is 4.29. The molecule has 0 aliphatic heterocycles. The van der Waals surface area contributed by atoms with Crippen LogP contribution in [0.5, 0.6) is 5.75 Å². The van der Waals surface area contributed by atoms with Crippen LogP contribution in [0.25, 0.3) is 0 Å². The second-order valence-electron chi connectivity index (χ2n) is 4.29. The van der Waals surface area contributed by atoms with Crippen LogP contribution in [-0.4, -0.2) is 11.7 Å². The third-order valence-electron chi connectivity index (χ3n) is 2.74. The van der Waals surface area contributed by atoms with Crippen LogP contribution in [0, 0.1) is 18.6 Å². The summed E-state index contributed by atoms with van der Waals surface area (Å²) in [5, 5.41) is 9.82. The van der Waals surface area contributed by atoms with E-state index in [-0.39, 0.29) is 12.2 Å². The topological polar surface area (TPSA) is 29.5 Å². The first-order valence-corrected chi connectivity index (χ1v) is 5.89.